The van der Waals surface area contributed by atoms with Gasteiger partial charge in [-0.25, -0.2) is 14.8 Å². The standard InChI is InChI=1S/C21H26N4O2/c1-2-3-8-13-27-21(26)17-18-20(24-16-12-7-6-11-15(16)23-18)25(19(17)22)14-9-4-5-10-14/h6-7,11-12,14H,2-5,8-10,13,22H2,1H3. The van der Waals surface area contributed by atoms with Gasteiger partial charge in [-0.05, 0) is 31.4 Å². The van der Waals surface area contributed by atoms with Crippen molar-refractivity contribution >= 4 is 34.0 Å². The van der Waals surface area contributed by atoms with Crippen molar-refractivity contribution in [3.05, 3.63) is 29.8 Å². The molecule has 1 fully saturated rings. The van der Waals surface area contributed by atoms with Crippen molar-refractivity contribution in [3.63, 3.8) is 0 Å². The minimum absolute atomic E-state index is 0.268. The summed E-state index contributed by atoms with van der Waals surface area (Å²) in [4.78, 5) is 22.4. The highest BCUT2D eigenvalue weighted by Gasteiger charge is 2.29. The molecule has 0 atom stereocenters. The number of ether oxygens (including phenoxy) is 1. The first-order chi connectivity index (χ1) is 13.2. The molecule has 3 aromatic rings. The minimum Gasteiger partial charge on any atom is -0.462 e. The van der Waals surface area contributed by atoms with Crippen molar-refractivity contribution in [2.45, 2.75) is 57.9 Å². The predicted molar refractivity (Wildman–Crippen MR) is 107 cm³/mol. The van der Waals surface area contributed by atoms with Gasteiger partial charge < -0.3 is 15.0 Å². The van der Waals surface area contributed by atoms with Gasteiger partial charge in [-0.15, -0.1) is 0 Å². The van der Waals surface area contributed by atoms with Crippen LogP contribution in [0, 0.1) is 0 Å². The number of esters is 1. The van der Waals surface area contributed by atoms with Crippen LogP contribution in [0.5, 0.6) is 0 Å². The largest absolute Gasteiger partial charge is 0.462 e. The van der Waals surface area contributed by atoms with Crippen LogP contribution in [0.15, 0.2) is 24.3 Å². The lowest BCUT2D eigenvalue weighted by Gasteiger charge is -2.15. The second-order valence-electron chi connectivity index (χ2n) is 7.30. The zero-order chi connectivity index (χ0) is 18.8. The fraction of sp³-hybridized carbons (Fsp3) is 0.476. The topological polar surface area (TPSA) is 83.0 Å². The second-order valence-corrected chi connectivity index (χ2v) is 7.30. The van der Waals surface area contributed by atoms with E-state index in [0.717, 1.165) is 43.1 Å². The number of para-hydroxylation sites is 2. The number of hydrogen-bond acceptors (Lipinski definition) is 5. The van der Waals surface area contributed by atoms with Crippen LogP contribution < -0.4 is 5.73 Å². The molecule has 27 heavy (non-hydrogen) atoms. The molecule has 0 spiro atoms. The number of nitrogens with two attached hydrogens (primary N) is 1. The molecule has 0 saturated heterocycles. The van der Waals surface area contributed by atoms with Crippen LogP contribution in [0.25, 0.3) is 22.2 Å². The monoisotopic (exact) mass is 366 g/mol. The molecule has 6 nitrogen and oxygen atoms in total. The van der Waals surface area contributed by atoms with E-state index in [1.54, 1.807) is 0 Å². The van der Waals surface area contributed by atoms with Gasteiger partial charge in [0.2, 0.25) is 0 Å². The molecule has 0 aliphatic heterocycles. The Morgan fingerprint density at radius 3 is 2.59 bits per heavy atom. The summed E-state index contributed by atoms with van der Waals surface area (Å²) in [6.07, 6.45) is 7.41. The summed E-state index contributed by atoms with van der Waals surface area (Å²) in [6, 6.07) is 7.97. The van der Waals surface area contributed by atoms with Crippen molar-refractivity contribution in [1.29, 1.82) is 0 Å². The molecule has 0 radical (unpaired) electrons. The lowest BCUT2D eigenvalue weighted by molar-refractivity contribution is 0.0501. The number of fused-ring (bicyclic) bond motifs is 2. The first kappa shape index (κ1) is 17.8. The van der Waals surface area contributed by atoms with Crippen LogP contribution in [0.1, 0.15) is 68.3 Å². The molecule has 142 valence electrons. The third-order valence-electron chi connectivity index (χ3n) is 5.41. The molecule has 0 amide bonds. The number of unbranched alkanes of at least 4 members (excludes halogenated alkanes) is 2. The third kappa shape index (κ3) is 3.24. The Balaban J connectivity index is 1.82. The Kier molecular flexibility index (Phi) is 4.97. The van der Waals surface area contributed by atoms with E-state index in [1.807, 2.05) is 28.8 Å². The van der Waals surface area contributed by atoms with Crippen LogP contribution in [-0.2, 0) is 4.74 Å². The molecule has 1 saturated carbocycles. The highest BCUT2D eigenvalue weighted by Crippen LogP contribution is 2.38. The highest BCUT2D eigenvalue weighted by atomic mass is 16.5. The van der Waals surface area contributed by atoms with Crippen LogP contribution in [0.4, 0.5) is 5.82 Å². The fourth-order valence-electron chi connectivity index (χ4n) is 4.00. The third-order valence-corrected chi connectivity index (χ3v) is 5.41. The van der Waals surface area contributed by atoms with Crippen molar-refractivity contribution in [2.75, 3.05) is 12.3 Å². The molecule has 4 rings (SSSR count). The summed E-state index contributed by atoms with van der Waals surface area (Å²) < 4.78 is 7.53. The number of aromatic nitrogens is 3. The van der Waals surface area contributed by atoms with E-state index in [1.165, 1.54) is 12.8 Å². The zero-order valence-corrected chi connectivity index (χ0v) is 15.8. The van der Waals surface area contributed by atoms with E-state index in [-0.39, 0.29) is 6.04 Å². The molecule has 0 bridgehead atoms. The second kappa shape index (κ2) is 7.55. The number of anilines is 1. The Labute approximate surface area is 158 Å². The maximum absolute atomic E-state index is 12.8. The average Bonchev–Trinajstić information content (AvgIpc) is 3.28. The van der Waals surface area contributed by atoms with Gasteiger partial charge in [0.05, 0.1) is 17.6 Å². The van der Waals surface area contributed by atoms with E-state index < -0.39 is 5.97 Å². The number of benzene rings is 1. The number of carbonyl (C=O) groups is 1. The summed E-state index contributed by atoms with van der Waals surface area (Å²) >= 11 is 0. The lowest BCUT2D eigenvalue weighted by Crippen LogP contribution is -2.12. The first-order valence-electron chi connectivity index (χ1n) is 9.94. The molecule has 6 heteroatoms. The number of hydrogen-bond donors (Lipinski definition) is 1. The van der Waals surface area contributed by atoms with Crippen molar-refractivity contribution in [2.24, 2.45) is 0 Å². The Morgan fingerprint density at radius 2 is 1.89 bits per heavy atom. The van der Waals surface area contributed by atoms with Crippen LogP contribution in [0.2, 0.25) is 0 Å². The van der Waals surface area contributed by atoms with Gasteiger partial charge >= 0.3 is 5.97 Å². The van der Waals surface area contributed by atoms with E-state index in [2.05, 4.69) is 6.92 Å². The number of carbonyl (C=O) groups excluding carboxylic acids is 1. The van der Waals surface area contributed by atoms with Gasteiger partial charge in [-0.1, -0.05) is 44.7 Å². The number of rotatable bonds is 6. The van der Waals surface area contributed by atoms with E-state index in [9.17, 15) is 4.79 Å². The normalized spacial score (nSPS) is 15.0. The van der Waals surface area contributed by atoms with Crippen molar-refractivity contribution < 1.29 is 9.53 Å². The molecular weight excluding hydrogens is 340 g/mol. The first-order valence-corrected chi connectivity index (χ1v) is 9.94. The van der Waals surface area contributed by atoms with E-state index in [4.69, 9.17) is 20.4 Å². The van der Waals surface area contributed by atoms with Crippen LogP contribution >= 0.6 is 0 Å². The molecule has 1 aromatic carbocycles. The van der Waals surface area contributed by atoms with Crippen molar-refractivity contribution in [1.82, 2.24) is 14.5 Å². The van der Waals surface area contributed by atoms with Crippen LogP contribution in [0.3, 0.4) is 0 Å². The van der Waals surface area contributed by atoms with E-state index in [0.29, 0.717) is 29.2 Å². The Morgan fingerprint density at radius 1 is 1.19 bits per heavy atom. The Hall–Kier alpha value is -2.63. The maximum Gasteiger partial charge on any atom is 0.344 e. The van der Waals surface area contributed by atoms with Gasteiger partial charge in [-0.3, -0.25) is 0 Å². The van der Waals surface area contributed by atoms with Gasteiger partial charge in [0, 0.05) is 6.04 Å². The fourth-order valence-corrected chi connectivity index (χ4v) is 4.00. The molecular formula is C21H26N4O2. The Bertz CT molecular complexity index is 973. The van der Waals surface area contributed by atoms with Crippen LogP contribution in [-0.4, -0.2) is 27.1 Å². The SMILES string of the molecule is CCCCCOC(=O)c1c(N)n(C2CCCC2)c2nc3ccccc3nc12. The maximum atomic E-state index is 12.8. The van der Waals surface area contributed by atoms with E-state index >= 15 is 0 Å². The minimum atomic E-state index is -0.394. The molecule has 0 unspecified atom stereocenters. The molecule has 1 aliphatic carbocycles. The number of nitrogens with zero attached hydrogens (tertiary/aromatic N) is 3. The molecule has 2 N–H and O–H groups in total. The van der Waals surface area contributed by atoms with Gasteiger partial charge in [0.15, 0.2) is 5.65 Å². The summed E-state index contributed by atoms with van der Waals surface area (Å²) in [5, 5.41) is 0. The van der Waals surface area contributed by atoms with Gasteiger partial charge in [0.1, 0.15) is 16.9 Å². The zero-order valence-electron chi connectivity index (χ0n) is 15.8. The van der Waals surface area contributed by atoms with Gasteiger partial charge in [0.25, 0.3) is 0 Å². The lowest BCUT2D eigenvalue weighted by atomic mass is 10.2. The average molecular weight is 366 g/mol. The van der Waals surface area contributed by atoms with Gasteiger partial charge in [-0.2, -0.15) is 0 Å². The summed E-state index contributed by atoms with van der Waals surface area (Å²) in [5.41, 5.74) is 9.65. The summed E-state index contributed by atoms with van der Waals surface area (Å²) in [6.45, 7) is 2.53. The molecule has 1 aliphatic rings. The number of nitrogen functional groups attached to an aromatic ring is 1. The molecule has 2 heterocycles. The summed E-state index contributed by atoms with van der Waals surface area (Å²) in [7, 11) is 0. The summed E-state index contributed by atoms with van der Waals surface area (Å²) in [5.74, 6) is 0.0441. The predicted octanol–water partition coefficient (Wildman–Crippen LogP) is 4.63. The highest BCUT2D eigenvalue weighted by molar-refractivity contribution is 6.08. The van der Waals surface area contributed by atoms with Crippen molar-refractivity contribution in [3.8, 4) is 0 Å². The molecule has 2 aromatic heterocycles. The smallest absolute Gasteiger partial charge is 0.344 e. The quantitative estimate of drug-likeness (QED) is 0.508.